The van der Waals surface area contributed by atoms with Crippen molar-refractivity contribution in [1.82, 2.24) is 0 Å². The van der Waals surface area contributed by atoms with Gasteiger partial charge in [0.15, 0.2) is 6.29 Å². The van der Waals surface area contributed by atoms with E-state index >= 15 is 0 Å². The van der Waals surface area contributed by atoms with Crippen molar-refractivity contribution >= 4 is 0 Å². The average molecular weight is 204 g/mol. The maximum absolute atomic E-state index is 9.98. The van der Waals surface area contributed by atoms with Gasteiger partial charge in [-0.3, -0.25) is 0 Å². The van der Waals surface area contributed by atoms with Crippen LogP contribution in [-0.2, 0) is 4.74 Å². The van der Waals surface area contributed by atoms with Crippen LogP contribution in [0.15, 0.2) is 12.7 Å². The first kappa shape index (κ1) is 11.6. The Morgan fingerprint density at radius 3 is 2.57 bits per heavy atom. The van der Waals surface area contributed by atoms with E-state index in [9.17, 15) is 10.2 Å². The SMILES string of the molecule is C=CCC[C@]1(O)[C@@H](CO)OC(O)[C@@H]1O. The Labute approximate surface area is 82.3 Å². The summed E-state index contributed by atoms with van der Waals surface area (Å²) in [4.78, 5) is 0. The molecule has 0 aromatic heterocycles. The van der Waals surface area contributed by atoms with E-state index in [0.29, 0.717) is 6.42 Å². The van der Waals surface area contributed by atoms with E-state index in [0.717, 1.165) is 0 Å². The lowest BCUT2D eigenvalue weighted by Gasteiger charge is -2.29. The summed E-state index contributed by atoms with van der Waals surface area (Å²) in [6.45, 7) is 3.05. The lowest BCUT2D eigenvalue weighted by molar-refractivity contribution is -0.132. The van der Waals surface area contributed by atoms with Gasteiger partial charge < -0.3 is 25.2 Å². The third-order valence-corrected chi connectivity index (χ3v) is 2.56. The number of aliphatic hydroxyl groups excluding tert-OH is 3. The molecule has 1 fully saturated rings. The number of hydrogen-bond acceptors (Lipinski definition) is 5. The highest BCUT2D eigenvalue weighted by Crippen LogP contribution is 2.33. The molecule has 0 aliphatic carbocycles. The van der Waals surface area contributed by atoms with E-state index in [4.69, 9.17) is 14.9 Å². The molecule has 1 rings (SSSR count). The molecule has 1 heterocycles. The molecular formula is C9H16O5. The van der Waals surface area contributed by atoms with Crippen LogP contribution in [-0.4, -0.2) is 51.1 Å². The minimum atomic E-state index is -1.59. The Balaban J connectivity index is 2.74. The van der Waals surface area contributed by atoms with Gasteiger partial charge in [0.2, 0.25) is 0 Å². The smallest absolute Gasteiger partial charge is 0.184 e. The van der Waals surface area contributed by atoms with Gasteiger partial charge in [-0.1, -0.05) is 6.08 Å². The first-order valence-electron chi connectivity index (χ1n) is 4.52. The van der Waals surface area contributed by atoms with E-state index in [1.807, 2.05) is 0 Å². The Morgan fingerprint density at radius 1 is 1.43 bits per heavy atom. The van der Waals surface area contributed by atoms with Gasteiger partial charge in [0.1, 0.15) is 17.8 Å². The lowest BCUT2D eigenvalue weighted by atomic mass is 9.88. The molecule has 1 aliphatic heterocycles. The zero-order valence-electron chi connectivity index (χ0n) is 7.83. The van der Waals surface area contributed by atoms with Crippen molar-refractivity contribution in [2.45, 2.75) is 36.9 Å². The van der Waals surface area contributed by atoms with Crippen molar-refractivity contribution in [1.29, 1.82) is 0 Å². The van der Waals surface area contributed by atoms with E-state index in [-0.39, 0.29) is 6.42 Å². The quantitative estimate of drug-likeness (QED) is 0.430. The fourth-order valence-corrected chi connectivity index (χ4v) is 1.64. The zero-order chi connectivity index (χ0) is 10.8. The summed E-state index contributed by atoms with van der Waals surface area (Å²) in [6, 6.07) is 0. The van der Waals surface area contributed by atoms with Crippen LogP contribution in [0.1, 0.15) is 12.8 Å². The topological polar surface area (TPSA) is 90.2 Å². The van der Waals surface area contributed by atoms with E-state index in [1.165, 1.54) is 0 Å². The summed E-state index contributed by atoms with van der Waals surface area (Å²) in [5, 5.41) is 37.5. The van der Waals surface area contributed by atoms with Crippen LogP contribution in [0.4, 0.5) is 0 Å². The highest BCUT2D eigenvalue weighted by molar-refractivity contribution is 5.01. The first-order valence-corrected chi connectivity index (χ1v) is 4.52. The largest absolute Gasteiger partial charge is 0.394 e. The molecule has 5 nitrogen and oxygen atoms in total. The second-order valence-corrected chi connectivity index (χ2v) is 3.46. The van der Waals surface area contributed by atoms with Crippen LogP contribution >= 0.6 is 0 Å². The summed E-state index contributed by atoms with van der Waals surface area (Å²) < 4.78 is 4.81. The van der Waals surface area contributed by atoms with E-state index < -0.39 is 30.7 Å². The molecule has 82 valence electrons. The minimum Gasteiger partial charge on any atom is -0.394 e. The Bertz CT molecular complexity index is 207. The molecule has 14 heavy (non-hydrogen) atoms. The number of rotatable bonds is 4. The molecule has 1 unspecified atom stereocenters. The second-order valence-electron chi connectivity index (χ2n) is 3.46. The molecule has 4 N–H and O–H groups in total. The summed E-state index contributed by atoms with van der Waals surface area (Å²) in [7, 11) is 0. The van der Waals surface area contributed by atoms with Crippen molar-refractivity contribution in [2.75, 3.05) is 6.61 Å². The van der Waals surface area contributed by atoms with E-state index in [2.05, 4.69) is 6.58 Å². The van der Waals surface area contributed by atoms with Crippen LogP contribution < -0.4 is 0 Å². The molecule has 0 spiro atoms. The molecule has 0 bridgehead atoms. The van der Waals surface area contributed by atoms with Crippen LogP contribution in [0.5, 0.6) is 0 Å². The van der Waals surface area contributed by atoms with Crippen LogP contribution in [0, 0.1) is 0 Å². The molecule has 0 amide bonds. The molecule has 0 radical (unpaired) electrons. The minimum absolute atomic E-state index is 0.194. The number of ether oxygens (including phenoxy) is 1. The fourth-order valence-electron chi connectivity index (χ4n) is 1.64. The molecule has 0 aromatic rings. The number of allylic oxidation sites excluding steroid dienone is 1. The zero-order valence-corrected chi connectivity index (χ0v) is 7.83. The Hall–Kier alpha value is -0.460. The van der Waals surface area contributed by atoms with Crippen molar-refractivity contribution in [2.24, 2.45) is 0 Å². The summed E-state index contributed by atoms with van der Waals surface area (Å²) in [5.41, 5.74) is -1.59. The third kappa shape index (κ3) is 1.82. The van der Waals surface area contributed by atoms with Gasteiger partial charge in [-0.25, -0.2) is 0 Å². The van der Waals surface area contributed by atoms with Gasteiger partial charge in [0, 0.05) is 0 Å². The van der Waals surface area contributed by atoms with Crippen LogP contribution in [0.2, 0.25) is 0 Å². The van der Waals surface area contributed by atoms with Crippen LogP contribution in [0.3, 0.4) is 0 Å². The van der Waals surface area contributed by atoms with Crippen molar-refractivity contribution in [3.63, 3.8) is 0 Å². The summed E-state index contributed by atoms with van der Waals surface area (Å²) >= 11 is 0. The third-order valence-electron chi connectivity index (χ3n) is 2.56. The predicted molar refractivity (Wildman–Crippen MR) is 48.4 cm³/mol. The monoisotopic (exact) mass is 204 g/mol. The van der Waals surface area contributed by atoms with Crippen molar-refractivity contribution < 1.29 is 25.2 Å². The predicted octanol–water partition coefficient (Wildman–Crippen LogP) is -1.25. The highest BCUT2D eigenvalue weighted by Gasteiger charge is 2.53. The fraction of sp³-hybridized carbons (Fsp3) is 0.778. The maximum atomic E-state index is 9.98. The van der Waals surface area contributed by atoms with E-state index in [1.54, 1.807) is 6.08 Å². The Kier molecular flexibility index (Phi) is 3.63. The molecule has 1 aliphatic rings. The second kappa shape index (κ2) is 4.37. The summed E-state index contributed by atoms with van der Waals surface area (Å²) in [5.74, 6) is 0. The van der Waals surface area contributed by atoms with Gasteiger partial charge in [0.25, 0.3) is 0 Å². The summed E-state index contributed by atoms with van der Waals surface area (Å²) in [6.07, 6.45) is -1.53. The van der Waals surface area contributed by atoms with Gasteiger partial charge in [-0.15, -0.1) is 6.58 Å². The molecule has 0 aromatic carbocycles. The molecule has 1 saturated heterocycles. The standard InChI is InChI=1S/C9H16O5/c1-2-3-4-9(13)6(5-10)14-8(12)7(9)11/h2,6-8,10-13H,1,3-5H2/t6-,7+,8?,9+/m1/s1. The molecule has 0 saturated carbocycles. The number of aliphatic hydroxyl groups is 4. The average Bonchev–Trinajstić information content (AvgIpc) is 2.40. The van der Waals surface area contributed by atoms with Gasteiger partial charge in [-0.05, 0) is 12.8 Å². The first-order chi connectivity index (χ1) is 6.56. The lowest BCUT2D eigenvalue weighted by Crippen LogP contribution is -2.49. The van der Waals surface area contributed by atoms with Crippen molar-refractivity contribution in [3.05, 3.63) is 12.7 Å². The number of hydrogen-bond donors (Lipinski definition) is 4. The highest BCUT2D eigenvalue weighted by atomic mass is 16.7. The molecular weight excluding hydrogens is 188 g/mol. The molecule has 4 atom stereocenters. The Morgan fingerprint density at radius 2 is 2.07 bits per heavy atom. The van der Waals surface area contributed by atoms with Gasteiger partial charge >= 0.3 is 0 Å². The van der Waals surface area contributed by atoms with Crippen molar-refractivity contribution in [3.8, 4) is 0 Å². The maximum Gasteiger partial charge on any atom is 0.184 e. The van der Waals surface area contributed by atoms with Gasteiger partial charge in [-0.2, -0.15) is 0 Å². The molecule has 5 heteroatoms. The van der Waals surface area contributed by atoms with Crippen LogP contribution in [0.25, 0.3) is 0 Å². The van der Waals surface area contributed by atoms with Gasteiger partial charge in [0.05, 0.1) is 6.61 Å². The normalized spacial score (nSPS) is 42.7.